The second kappa shape index (κ2) is 8.57. The van der Waals surface area contributed by atoms with Gasteiger partial charge in [-0.1, -0.05) is 18.2 Å². The SMILES string of the molecule is CCOC(=O)c1nc2n(c(=O)c1OC(=O)c1ccccc1)CC1CCC2(N)CC1.Cl. The third kappa shape index (κ3) is 3.85. The molecule has 8 nitrogen and oxygen atoms in total. The number of nitrogens with two attached hydrogens (primary N) is 1. The summed E-state index contributed by atoms with van der Waals surface area (Å²) in [5.41, 5.74) is 5.18. The summed E-state index contributed by atoms with van der Waals surface area (Å²) in [4.78, 5) is 42.9. The lowest BCUT2D eigenvalue weighted by Crippen LogP contribution is -2.43. The number of benzene rings is 1. The van der Waals surface area contributed by atoms with Crippen LogP contribution in [-0.4, -0.2) is 28.1 Å². The van der Waals surface area contributed by atoms with E-state index in [2.05, 4.69) is 4.98 Å². The number of carbonyl (C=O) groups excluding carboxylic acids is 2. The van der Waals surface area contributed by atoms with Gasteiger partial charge in [-0.2, -0.15) is 0 Å². The first-order valence-electron chi connectivity index (χ1n) is 9.81. The van der Waals surface area contributed by atoms with Crippen LogP contribution in [0.25, 0.3) is 0 Å². The molecule has 9 heteroatoms. The Morgan fingerprint density at radius 3 is 2.50 bits per heavy atom. The molecule has 0 spiro atoms. The Morgan fingerprint density at radius 2 is 1.87 bits per heavy atom. The van der Waals surface area contributed by atoms with E-state index in [0.717, 1.165) is 12.8 Å². The third-order valence-corrected chi connectivity index (χ3v) is 5.68. The predicted molar refractivity (Wildman–Crippen MR) is 111 cm³/mol. The van der Waals surface area contributed by atoms with E-state index in [-0.39, 0.29) is 30.3 Å². The van der Waals surface area contributed by atoms with E-state index in [1.165, 1.54) is 4.57 Å². The Kier molecular flexibility index (Phi) is 6.28. The molecule has 0 amide bonds. The van der Waals surface area contributed by atoms with Crippen LogP contribution in [0.15, 0.2) is 35.1 Å². The number of carbonyl (C=O) groups is 2. The van der Waals surface area contributed by atoms with Crippen molar-refractivity contribution in [3.8, 4) is 5.75 Å². The van der Waals surface area contributed by atoms with Crippen molar-refractivity contribution >= 4 is 24.3 Å². The molecule has 30 heavy (non-hydrogen) atoms. The highest BCUT2D eigenvalue weighted by atomic mass is 35.5. The lowest BCUT2D eigenvalue weighted by Gasteiger charge is -2.32. The Balaban J connectivity index is 0.00000256. The lowest BCUT2D eigenvalue weighted by atomic mass is 9.78. The van der Waals surface area contributed by atoms with Crippen LogP contribution in [-0.2, 0) is 16.8 Å². The number of hydrogen-bond donors (Lipinski definition) is 1. The standard InChI is InChI=1S/C21H23N3O5.ClH/c1-2-28-19(27)15-16(29-18(26)14-6-4-3-5-7-14)17(25)24-12-13-8-10-21(22,11-9-13)20(24)23-15;/h3-7,13H,2,8-12,22H2,1H3;1H. The summed E-state index contributed by atoms with van der Waals surface area (Å²) >= 11 is 0. The molecule has 3 aliphatic rings. The van der Waals surface area contributed by atoms with E-state index in [9.17, 15) is 14.4 Å². The first-order chi connectivity index (χ1) is 13.9. The van der Waals surface area contributed by atoms with Gasteiger partial charge in [-0.05, 0) is 50.7 Å². The minimum atomic E-state index is -0.814. The van der Waals surface area contributed by atoms with E-state index in [1.54, 1.807) is 37.3 Å². The smallest absolute Gasteiger partial charge is 0.361 e. The molecule has 1 fully saturated rings. The fourth-order valence-corrected chi connectivity index (χ4v) is 4.10. The predicted octanol–water partition coefficient (Wildman–Crippen LogP) is 2.42. The molecular weight excluding hydrogens is 410 g/mol. The molecule has 0 radical (unpaired) electrons. The first-order valence-corrected chi connectivity index (χ1v) is 9.81. The highest BCUT2D eigenvalue weighted by Gasteiger charge is 2.42. The molecular formula is C21H24ClN3O5. The zero-order chi connectivity index (χ0) is 20.6. The number of hydrogen-bond acceptors (Lipinski definition) is 7. The lowest BCUT2D eigenvalue weighted by molar-refractivity contribution is 0.0510. The second-order valence-electron chi connectivity index (χ2n) is 7.60. The molecule has 0 unspecified atom stereocenters. The van der Waals surface area contributed by atoms with Crippen LogP contribution >= 0.6 is 12.4 Å². The van der Waals surface area contributed by atoms with Gasteiger partial charge in [0, 0.05) is 6.54 Å². The largest absolute Gasteiger partial charge is 0.461 e. The Labute approximate surface area is 179 Å². The normalized spacial score (nSPS) is 21.7. The maximum Gasteiger partial charge on any atom is 0.361 e. The molecule has 2 aromatic rings. The van der Waals surface area contributed by atoms with Gasteiger partial charge in [0.2, 0.25) is 5.75 Å². The molecule has 1 aromatic heterocycles. The minimum Gasteiger partial charge on any atom is -0.461 e. The molecule has 2 aliphatic heterocycles. The number of rotatable bonds is 4. The monoisotopic (exact) mass is 433 g/mol. The zero-order valence-electron chi connectivity index (χ0n) is 16.6. The first kappa shape index (κ1) is 22.0. The Bertz CT molecular complexity index is 1010. The third-order valence-electron chi connectivity index (χ3n) is 5.68. The van der Waals surface area contributed by atoms with Gasteiger partial charge in [0.1, 0.15) is 5.82 Å². The van der Waals surface area contributed by atoms with E-state index in [1.807, 2.05) is 0 Å². The molecule has 0 atom stereocenters. The molecule has 2 N–H and O–H groups in total. The Morgan fingerprint density at radius 1 is 1.20 bits per heavy atom. The number of ether oxygens (including phenoxy) is 2. The van der Waals surface area contributed by atoms with Crippen LogP contribution in [0.2, 0.25) is 0 Å². The van der Waals surface area contributed by atoms with Gasteiger partial charge in [0.25, 0.3) is 5.56 Å². The van der Waals surface area contributed by atoms with Crippen LogP contribution < -0.4 is 16.0 Å². The topological polar surface area (TPSA) is 114 Å². The van der Waals surface area contributed by atoms with Gasteiger partial charge in [0.15, 0.2) is 5.69 Å². The van der Waals surface area contributed by atoms with Gasteiger partial charge < -0.3 is 15.2 Å². The van der Waals surface area contributed by atoms with Gasteiger partial charge in [-0.25, -0.2) is 14.6 Å². The average molecular weight is 434 g/mol. The van der Waals surface area contributed by atoms with E-state index < -0.39 is 28.8 Å². The van der Waals surface area contributed by atoms with Gasteiger partial charge >= 0.3 is 11.9 Å². The molecule has 0 saturated heterocycles. The van der Waals surface area contributed by atoms with Crippen molar-refractivity contribution in [2.24, 2.45) is 11.7 Å². The Hall–Kier alpha value is -2.71. The second-order valence-corrected chi connectivity index (χ2v) is 7.60. The van der Waals surface area contributed by atoms with Crippen molar-refractivity contribution in [1.29, 1.82) is 0 Å². The molecule has 3 heterocycles. The van der Waals surface area contributed by atoms with Crippen molar-refractivity contribution in [1.82, 2.24) is 9.55 Å². The molecule has 1 saturated carbocycles. The summed E-state index contributed by atoms with van der Waals surface area (Å²) in [5, 5.41) is 0. The molecule has 2 bridgehead atoms. The fourth-order valence-electron chi connectivity index (χ4n) is 4.10. The number of fused-ring (bicyclic) bond motifs is 2. The van der Waals surface area contributed by atoms with E-state index in [4.69, 9.17) is 15.2 Å². The van der Waals surface area contributed by atoms with Crippen LogP contribution in [0, 0.1) is 5.92 Å². The average Bonchev–Trinajstić information content (AvgIpc) is 2.95. The maximum absolute atomic E-state index is 13.3. The summed E-state index contributed by atoms with van der Waals surface area (Å²) in [5.74, 6) is -1.30. The highest BCUT2D eigenvalue weighted by Crippen LogP contribution is 2.41. The quantitative estimate of drug-likeness (QED) is 0.736. The summed E-state index contributed by atoms with van der Waals surface area (Å²) in [6.07, 6.45) is 3.14. The van der Waals surface area contributed by atoms with Crippen LogP contribution in [0.1, 0.15) is 59.3 Å². The van der Waals surface area contributed by atoms with Crippen molar-refractivity contribution in [2.45, 2.75) is 44.7 Å². The molecule has 160 valence electrons. The van der Waals surface area contributed by atoms with E-state index in [0.29, 0.717) is 31.1 Å². The van der Waals surface area contributed by atoms with Crippen LogP contribution in [0.3, 0.4) is 0 Å². The minimum absolute atomic E-state index is 0. The number of halogens is 1. The van der Waals surface area contributed by atoms with Crippen molar-refractivity contribution in [2.75, 3.05) is 6.61 Å². The van der Waals surface area contributed by atoms with Gasteiger partial charge in [-0.3, -0.25) is 9.36 Å². The number of nitrogens with zero attached hydrogens (tertiary/aromatic N) is 2. The van der Waals surface area contributed by atoms with Crippen molar-refractivity contribution in [3.05, 3.63) is 57.8 Å². The summed E-state index contributed by atoms with van der Waals surface area (Å²) in [6, 6.07) is 8.25. The van der Waals surface area contributed by atoms with Gasteiger partial charge in [0.05, 0.1) is 17.7 Å². The molecule has 5 rings (SSSR count). The zero-order valence-corrected chi connectivity index (χ0v) is 17.4. The molecule has 1 aliphatic carbocycles. The highest BCUT2D eigenvalue weighted by molar-refractivity contribution is 5.94. The van der Waals surface area contributed by atoms with Gasteiger partial charge in [-0.15, -0.1) is 12.4 Å². The van der Waals surface area contributed by atoms with Crippen LogP contribution in [0.5, 0.6) is 5.75 Å². The van der Waals surface area contributed by atoms with Crippen LogP contribution in [0.4, 0.5) is 0 Å². The van der Waals surface area contributed by atoms with Crippen molar-refractivity contribution in [3.63, 3.8) is 0 Å². The van der Waals surface area contributed by atoms with Crippen molar-refractivity contribution < 1.29 is 19.1 Å². The summed E-state index contributed by atoms with van der Waals surface area (Å²) in [7, 11) is 0. The fraction of sp³-hybridized carbons (Fsp3) is 0.429. The number of esters is 2. The maximum atomic E-state index is 13.3. The molecule has 1 aromatic carbocycles. The van der Waals surface area contributed by atoms with E-state index >= 15 is 0 Å². The summed E-state index contributed by atoms with van der Waals surface area (Å²) < 4.78 is 11.9. The summed E-state index contributed by atoms with van der Waals surface area (Å²) in [6.45, 7) is 2.19. The number of aromatic nitrogens is 2.